The van der Waals surface area contributed by atoms with Crippen LogP contribution in [0.15, 0.2) is 79.1 Å². The number of fused-ring (bicyclic) bond motifs is 1. The standard InChI is InChI=1S/C21H18N2O/c1-24-21-20-18(12-13-22-21)19(17-10-6-3-7-11-17)15-23(20)14-16-8-4-2-5-9-16/h2-13,15H,14H2,1H3. The molecular weight excluding hydrogens is 296 g/mol. The Kier molecular flexibility index (Phi) is 3.75. The van der Waals surface area contributed by atoms with E-state index in [0.717, 1.165) is 17.4 Å². The Morgan fingerprint density at radius 2 is 1.62 bits per heavy atom. The summed E-state index contributed by atoms with van der Waals surface area (Å²) in [5.41, 5.74) is 4.67. The number of methoxy groups -OCH3 is 1. The van der Waals surface area contributed by atoms with E-state index in [0.29, 0.717) is 5.88 Å². The number of rotatable bonds is 4. The number of ether oxygens (including phenoxy) is 1. The van der Waals surface area contributed by atoms with Crippen LogP contribution < -0.4 is 4.74 Å². The van der Waals surface area contributed by atoms with Gasteiger partial charge in [-0.25, -0.2) is 4.98 Å². The molecule has 0 aliphatic heterocycles. The Morgan fingerprint density at radius 1 is 0.917 bits per heavy atom. The molecule has 0 N–H and O–H groups in total. The first-order chi connectivity index (χ1) is 11.9. The largest absolute Gasteiger partial charge is 0.479 e. The highest BCUT2D eigenvalue weighted by atomic mass is 16.5. The zero-order valence-electron chi connectivity index (χ0n) is 13.5. The number of hydrogen-bond acceptors (Lipinski definition) is 2. The molecule has 3 nitrogen and oxygen atoms in total. The quantitative estimate of drug-likeness (QED) is 0.543. The van der Waals surface area contributed by atoms with Gasteiger partial charge in [0.05, 0.1) is 7.11 Å². The highest BCUT2D eigenvalue weighted by Crippen LogP contribution is 2.34. The molecule has 0 radical (unpaired) electrons. The topological polar surface area (TPSA) is 27.1 Å². The molecular formula is C21H18N2O. The molecule has 2 aromatic carbocycles. The minimum Gasteiger partial charge on any atom is -0.479 e. The maximum absolute atomic E-state index is 5.52. The zero-order chi connectivity index (χ0) is 16.4. The summed E-state index contributed by atoms with van der Waals surface area (Å²) in [4.78, 5) is 4.39. The number of hydrogen-bond donors (Lipinski definition) is 0. The second-order valence-corrected chi connectivity index (χ2v) is 5.74. The number of nitrogens with zero attached hydrogens (tertiary/aromatic N) is 2. The smallest absolute Gasteiger partial charge is 0.238 e. The van der Waals surface area contributed by atoms with Gasteiger partial charge in [0.25, 0.3) is 0 Å². The van der Waals surface area contributed by atoms with E-state index in [2.05, 4.69) is 70.3 Å². The van der Waals surface area contributed by atoms with Gasteiger partial charge in [-0.15, -0.1) is 0 Å². The van der Waals surface area contributed by atoms with Gasteiger partial charge in [0.1, 0.15) is 5.52 Å². The van der Waals surface area contributed by atoms with Crippen molar-refractivity contribution in [3.05, 3.63) is 84.7 Å². The van der Waals surface area contributed by atoms with Gasteiger partial charge in [0.2, 0.25) is 5.88 Å². The van der Waals surface area contributed by atoms with E-state index < -0.39 is 0 Å². The highest BCUT2D eigenvalue weighted by molar-refractivity contribution is 5.98. The Labute approximate surface area is 141 Å². The Balaban J connectivity index is 1.92. The van der Waals surface area contributed by atoms with Gasteiger partial charge >= 0.3 is 0 Å². The van der Waals surface area contributed by atoms with E-state index in [-0.39, 0.29) is 0 Å². The van der Waals surface area contributed by atoms with Crippen LogP contribution in [0.5, 0.6) is 5.88 Å². The maximum atomic E-state index is 5.52. The van der Waals surface area contributed by atoms with Crippen molar-refractivity contribution in [2.45, 2.75) is 6.54 Å². The molecule has 0 spiro atoms. The van der Waals surface area contributed by atoms with Crippen molar-refractivity contribution in [3.8, 4) is 17.0 Å². The zero-order valence-corrected chi connectivity index (χ0v) is 13.5. The van der Waals surface area contributed by atoms with Gasteiger partial charge in [-0.3, -0.25) is 0 Å². The van der Waals surface area contributed by atoms with E-state index in [4.69, 9.17) is 4.74 Å². The van der Waals surface area contributed by atoms with Crippen LogP contribution in [0.2, 0.25) is 0 Å². The Morgan fingerprint density at radius 3 is 2.33 bits per heavy atom. The molecule has 118 valence electrons. The van der Waals surface area contributed by atoms with Crippen molar-refractivity contribution < 1.29 is 4.74 Å². The van der Waals surface area contributed by atoms with Crippen LogP contribution in [-0.4, -0.2) is 16.7 Å². The molecule has 0 saturated carbocycles. The lowest BCUT2D eigenvalue weighted by Gasteiger charge is -2.08. The predicted octanol–water partition coefficient (Wildman–Crippen LogP) is 4.76. The highest BCUT2D eigenvalue weighted by Gasteiger charge is 2.15. The van der Waals surface area contributed by atoms with Crippen LogP contribution in [0, 0.1) is 0 Å². The molecule has 0 aliphatic rings. The van der Waals surface area contributed by atoms with Crippen molar-refractivity contribution in [2.24, 2.45) is 0 Å². The van der Waals surface area contributed by atoms with E-state index in [1.165, 1.54) is 16.7 Å². The van der Waals surface area contributed by atoms with Gasteiger partial charge < -0.3 is 9.30 Å². The van der Waals surface area contributed by atoms with Gasteiger partial charge in [0, 0.05) is 29.9 Å². The second kappa shape index (κ2) is 6.20. The second-order valence-electron chi connectivity index (χ2n) is 5.74. The third-order valence-electron chi connectivity index (χ3n) is 4.23. The van der Waals surface area contributed by atoms with E-state index in [1.54, 1.807) is 13.3 Å². The molecule has 0 bridgehead atoms. The molecule has 0 amide bonds. The Hall–Kier alpha value is -3.07. The first-order valence-electron chi connectivity index (χ1n) is 7.98. The monoisotopic (exact) mass is 314 g/mol. The van der Waals surface area contributed by atoms with Crippen LogP contribution >= 0.6 is 0 Å². The predicted molar refractivity (Wildman–Crippen MR) is 97.3 cm³/mol. The average Bonchev–Trinajstić information content (AvgIpc) is 3.02. The fraction of sp³-hybridized carbons (Fsp3) is 0.0952. The molecule has 0 aliphatic carbocycles. The van der Waals surface area contributed by atoms with Crippen LogP contribution in [0.3, 0.4) is 0 Å². The molecule has 0 atom stereocenters. The van der Waals surface area contributed by atoms with E-state index in [9.17, 15) is 0 Å². The third kappa shape index (κ3) is 2.54. The summed E-state index contributed by atoms with van der Waals surface area (Å²) in [6.45, 7) is 0.784. The lowest BCUT2D eigenvalue weighted by Crippen LogP contribution is -2.00. The molecule has 0 fully saturated rings. The van der Waals surface area contributed by atoms with Crippen molar-refractivity contribution in [1.82, 2.24) is 9.55 Å². The number of benzene rings is 2. The summed E-state index contributed by atoms with van der Waals surface area (Å²) in [5, 5.41) is 1.16. The van der Waals surface area contributed by atoms with Crippen LogP contribution in [0.1, 0.15) is 5.56 Å². The molecule has 4 rings (SSSR count). The molecule has 24 heavy (non-hydrogen) atoms. The van der Waals surface area contributed by atoms with Gasteiger partial charge in [-0.2, -0.15) is 0 Å². The normalized spacial score (nSPS) is 10.9. The maximum Gasteiger partial charge on any atom is 0.238 e. The van der Waals surface area contributed by atoms with Gasteiger partial charge in [0.15, 0.2) is 0 Å². The van der Waals surface area contributed by atoms with E-state index in [1.807, 2.05) is 12.1 Å². The van der Waals surface area contributed by atoms with Crippen molar-refractivity contribution in [3.63, 3.8) is 0 Å². The third-order valence-corrected chi connectivity index (χ3v) is 4.23. The number of pyridine rings is 1. The molecule has 2 heterocycles. The van der Waals surface area contributed by atoms with Crippen molar-refractivity contribution in [1.29, 1.82) is 0 Å². The number of aromatic nitrogens is 2. The minimum absolute atomic E-state index is 0.658. The van der Waals surface area contributed by atoms with E-state index >= 15 is 0 Å². The van der Waals surface area contributed by atoms with Crippen LogP contribution in [0.4, 0.5) is 0 Å². The Bertz CT molecular complexity index is 959. The molecule has 2 aromatic heterocycles. The molecule has 0 unspecified atom stereocenters. The summed E-state index contributed by atoms with van der Waals surface area (Å²) in [6, 6.07) is 22.9. The summed E-state index contributed by atoms with van der Waals surface area (Å²) < 4.78 is 7.74. The van der Waals surface area contributed by atoms with Crippen molar-refractivity contribution in [2.75, 3.05) is 7.11 Å². The van der Waals surface area contributed by atoms with Gasteiger partial charge in [-0.1, -0.05) is 60.7 Å². The summed E-state index contributed by atoms with van der Waals surface area (Å²) in [7, 11) is 1.67. The van der Waals surface area contributed by atoms with Crippen LogP contribution in [0.25, 0.3) is 22.0 Å². The first-order valence-corrected chi connectivity index (χ1v) is 7.98. The molecule has 3 heteroatoms. The summed E-state index contributed by atoms with van der Waals surface area (Å²) >= 11 is 0. The fourth-order valence-corrected chi connectivity index (χ4v) is 3.12. The molecule has 4 aromatic rings. The minimum atomic E-state index is 0.658. The van der Waals surface area contributed by atoms with Gasteiger partial charge in [-0.05, 0) is 17.2 Å². The first kappa shape index (κ1) is 14.5. The van der Waals surface area contributed by atoms with Crippen molar-refractivity contribution >= 4 is 10.9 Å². The van der Waals surface area contributed by atoms with Crippen LogP contribution in [-0.2, 0) is 6.54 Å². The SMILES string of the molecule is COc1nccc2c(-c3ccccc3)cn(Cc3ccccc3)c12. The summed E-state index contributed by atoms with van der Waals surface area (Å²) in [5.74, 6) is 0.658. The fourth-order valence-electron chi connectivity index (χ4n) is 3.12. The summed E-state index contributed by atoms with van der Waals surface area (Å²) in [6.07, 6.45) is 4.00. The lowest BCUT2D eigenvalue weighted by molar-refractivity contribution is 0.401. The lowest BCUT2D eigenvalue weighted by atomic mass is 10.1. The molecule has 0 saturated heterocycles. The average molecular weight is 314 g/mol.